The Balaban J connectivity index is 1.76. The van der Waals surface area contributed by atoms with Gasteiger partial charge in [0.25, 0.3) is 5.91 Å². The fraction of sp³-hybridized carbons (Fsp3) is 0.364. The second-order valence-electron chi connectivity index (χ2n) is 7.59. The molecule has 0 bridgehead atoms. The van der Waals surface area contributed by atoms with Crippen molar-refractivity contribution < 1.29 is 14.3 Å². The molecule has 1 heterocycles. The van der Waals surface area contributed by atoms with Gasteiger partial charge in [0.15, 0.2) is 5.60 Å². The fourth-order valence-corrected chi connectivity index (χ4v) is 3.21. The van der Waals surface area contributed by atoms with Crippen LogP contribution >= 0.6 is 0 Å². The minimum Gasteiger partial charge on any atom is -0.476 e. The first-order chi connectivity index (χ1) is 12.7. The van der Waals surface area contributed by atoms with E-state index in [-0.39, 0.29) is 18.2 Å². The van der Waals surface area contributed by atoms with E-state index in [9.17, 15) is 9.59 Å². The highest BCUT2D eigenvalue weighted by molar-refractivity contribution is 6.03. The molecule has 0 aromatic heterocycles. The Morgan fingerprint density at radius 2 is 1.89 bits per heavy atom. The predicted molar refractivity (Wildman–Crippen MR) is 107 cm³/mol. The monoisotopic (exact) mass is 366 g/mol. The molecule has 0 spiro atoms. The first kappa shape index (κ1) is 19.0. The van der Waals surface area contributed by atoms with E-state index in [1.807, 2.05) is 57.2 Å². The zero-order valence-electron chi connectivity index (χ0n) is 16.6. The van der Waals surface area contributed by atoms with Gasteiger partial charge in [-0.3, -0.25) is 9.59 Å². The van der Waals surface area contributed by atoms with E-state index >= 15 is 0 Å². The molecule has 3 rings (SSSR count). The minimum atomic E-state index is -0.953. The van der Waals surface area contributed by atoms with Crippen LogP contribution in [0.2, 0.25) is 0 Å². The Kier molecular flexibility index (Phi) is 4.96. The largest absolute Gasteiger partial charge is 0.476 e. The van der Waals surface area contributed by atoms with Gasteiger partial charge in [-0.05, 0) is 69.5 Å². The van der Waals surface area contributed by atoms with Gasteiger partial charge in [-0.2, -0.15) is 0 Å². The van der Waals surface area contributed by atoms with Crippen molar-refractivity contribution in [3.63, 3.8) is 0 Å². The third-order valence-electron chi connectivity index (χ3n) is 4.97. The van der Waals surface area contributed by atoms with Crippen molar-refractivity contribution in [3.8, 4) is 5.75 Å². The number of rotatable bonds is 4. The lowest BCUT2D eigenvalue weighted by atomic mass is 10.0. The van der Waals surface area contributed by atoms with Crippen LogP contribution < -0.4 is 15.0 Å². The highest BCUT2D eigenvalue weighted by atomic mass is 16.5. The van der Waals surface area contributed by atoms with E-state index < -0.39 is 5.60 Å². The van der Waals surface area contributed by atoms with E-state index in [0.29, 0.717) is 12.3 Å². The molecule has 0 atom stereocenters. The molecule has 5 heteroatoms. The van der Waals surface area contributed by atoms with Crippen LogP contribution in [0.5, 0.6) is 5.75 Å². The highest BCUT2D eigenvalue weighted by Crippen LogP contribution is 2.38. The summed E-state index contributed by atoms with van der Waals surface area (Å²) in [5, 5.41) is 2.95. The van der Waals surface area contributed by atoms with Gasteiger partial charge in [0.2, 0.25) is 5.91 Å². The number of carbonyl (C=O) groups excluding carboxylic acids is 2. The maximum atomic E-state index is 12.9. The molecule has 142 valence electrons. The van der Waals surface area contributed by atoms with Gasteiger partial charge in [0.05, 0.1) is 5.69 Å². The molecule has 5 nitrogen and oxygen atoms in total. The predicted octanol–water partition coefficient (Wildman–Crippen LogP) is 4.14. The molecule has 0 radical (unpaired) electrons. The van der Waals surface area contributed by atoms with Crippen LogP contribution in [0, 0.1) is 20.8 Å². The molecule has 1 N–H and O–H groups in total. The van der Waals surface area contributed by atoms with Crippen molar-refractivity contribution in [1.82, 2.24) is 0 Å². The van der Waals surface area contributed by atoms with Crippen molar-refractivity contribution in [2.75, 3.05) is 16.8 Å². The van der Waals surface area contributed by atoms with Gasteiger partial charge in [-0.15, -0.1) is 0 Å². The number of aryl methyl sites for hydroxylation is 2. The molecule has 1 aliphatic heterocycles. The Bertz CT molecular complexity index is 902. The molecule has 2 aromatic carbocycles. The highest BCUT2D eigenvalue weighted by Gasteiger charge is 2.40. The van der Waals surface area contributed by atoms with Crippen LogP contribution in [0.3, 0.4) is 0 Å². The SMILES string of the molecule is Cc1ccc2c(c1)N(CCC(=O)Nc1cccc(C)c1C)C(=O)C(C)(C)O2. The molecule has 0 unspecified atom stereocenters. The number of anilines is 2. The second-order valence-corrected chi connectivity index (χ2v) is 7.59. The number of hydrogen-bond acceptors (Lipinski definition) is 3. The standard InChI is InChI=1S/C22H26N2O3/c1-14-9-10-19-18(13-14)24(21(26)22(4,5)27-19)12-11-20(25)23-17-8-6-7-15(2)16(17)3/h6-10,13H,11-12H2,1-5H3,(H,23,25). The number of nitrogens with zero attached hydrogens (tertiary/aromatic N) is 1. The van der Waals surface area contributed by atoms with Gasteiger partial charge in [-0.25, -0.2) is 0 Å². The van der Waals surface area contributed by atoms with Crippen LogP contribution in [0.25, 0.3) is 0 Å². The van der Waals surface area contributed by atoms with Gasteiger partial charge < -0.3 is 15.0 Å². The molecule has 2 aromatic rings. The van der Waals surface area contributed by atoms with Crippen molar-refractivity contribution in [1.29, 1.82) is 0 Å². The first-order valence-electron chi connectivity index (χ1n) is 9.17. The van der Waals surface area contributed by atoms with Crippen molar-refractivity contribution in [3.05, 3.63) is 53.1 Å². The lowest BCUT2D eigenvalue weighted by molar-refractivity contribution is -0.132. The number of fused-ring (bicyclic) bond motifs is 1. The summed E-state index contributed by atoms with van der Waals surface area (Å²) in [6.07, 6.45) is 0.211. The minimum absolute atomic E-state index is 0.116. The second kappa shape index (κ2) is 7.06. The molecule has 0 saturated carbocycles. The average molecular weight is 366 g/mol. The Labute approximate surface area is 160 Å². The number of carbonyl (C=O) groups is 2. The van der Waals surface area contributed by atoms with Crippen molar-refractivity contribution in [2.24, 2.45) is 0 Å². The summed E-state index contributed by atoms with van der Waals surface area (Å²) in [5.74, 6) is 0.412. The summed E-state index contributed by atoms with van der Waals surface area (Å²) >= 11 is 0. The summed E-state index contributed by atoms with van der Waals surface area (Å²) in [7, 11) is 0. The molecular weight excluding hydrogens is 340 g/mol. The van der Waals surface area contributed by atoms with Gasteiger partial charge in [0.1, 0.15) is 5.75 Å². The van der Waals surface area contributed by atoms with Crippen molar-refractivity contribution in [2.45, 2.75) is 46.6 Å². The number of ether oxygens (including phenoxy) is 1. The third kappa shape index (κ3) is 3.82. The van der Waals surface area contributed by atoms with Gasteiger partial charge in [0, 0.05) is 18.7 Å². The normalized spacial score (nSPS) is 15.1. The maximum Gasteiger partial charge on any atom is 0.270 e. The Morgan fingerprint density at radius 3 is 2.63 bits per heavy atom. The van der Waals surface area contributed by atoms with E-state index in [2.05, 4.69) is 5.32 Å². The Morgan fingerprint density at radius 1 is 1.15 bits per heavy atom. The summed E-state index contributed by atoms with van der Waals surface area (Å²) < 4.78 is 5.86. The van der Waals surface area contributed by atoms with Crippen LogP contribution in [0.1, 0.15) is 37.0 Å². The number of nitrogens with one attached hydrogen (secondary N) is 1. The van der Waals surface area contributed by atoms with E-state index in [1.165, 1.54) is 0 Å². The molecular formula is C22H26N2O3. The zero-order valence-corrected chi connectivity index (χ0v) is 16.6. The number of benzene rings is 2. The van der Waals surface area contributed by atoms with Crippen LogP contribution in [-0.2, 0) is 9.59 Å². The summed E-state index contributed by atoms with van der Waals surface area (Å²) in [6.45, 7) is 9.77. The van der Waals surface area contributed by atoms with Crippen LogP contribution in [0.4, 0.5) is 11.4 Å². The lowest BCUT2D eigenvalue weighted by Gasteiger charge is -2.38. The maximum absolute atomic E-state index is 12.9. The first-order valence-corrected chi connectivity index (χ1v) is 9.17. The molecule has 0 saturated heterocycles. The summed E-state index contributed by atoms with van der Waals surface area (Å²) in [5.41, 5.74) is 3.79. The number of amides is 2. The smallest absolute Gasteiger partial charge is 0.270 e. The quantitative estimate of drug-likeness (QED) is 0.884. The summed E-state index contributed by atoms with van der Waals surface area (Å²) in [6, 6.07) is 11.6. The number of hydrogen-bond donors (Lipinski definition) is 1. The summed E-state index contributed by atoms with van der Waals surface area (Å²) in [4.78, 5) is 27.0. The topological polar surface area (TPSA) is 58.6 Å². The van der Waals surface area contributed by atoms with E-state index in [1.54, 1.807) is 18.7 Å². The van der Waals surface area contributed by atoms with E-state index in [0.717, 1.165) is 28.1 Å². The molecule has 27 heavy (non-hydrogen) atoms. The lowest BCUT2D eigenvalue weighted by Crippen LogP contribution is -2.53. The van der Waals surface area contributed by atoms with Crippen LogP contribution in [0.15, 0.2) is 36.4 Å². The fourth-order valence-electron chi connectivity index (χ4n) is 3.21. The molecule has 2 amide bonds. The van der Waals surface area contributed by atoms with E-state index in [4.69, 9.17) is 4.74 Å². The average Bonchev–Trinajstić information content (AvgIpc) is 2.60. The molecule has 0 fully saturated rings. The van der Waals surface area contributed by atoms with Gasteiger partial charge in [-0.1, -0.05) is 18.2 Å². The third-order valence-corrected chi connectivity index (χ3v) is 4.97. The van der Waals surface area contributed by atoms with Gasteiger partial charge >= 0.3 is 0 Å². The zero-order chi connectivity index (χ0) is 19.8. The van der Waals surface area contributed by atoms with Crippen LogP contribution in [-0.4, -0.2) is 24.0 Å². The molecule has 1 aliphatic rings. The molecule has 0 aliphatic carbocycles. The van der Waals surface area contributed by atoms with Crippen molar-refractivity contribution >= 4 is 23.2 Å². The Hall–Kier alpha value is -2.82.